The van der Waals surface area contributed by atoms with Crippen LogP contribution in [0, 0.1) is 5.82 Å². The lowest BCUT2D eigenvalue weighted by atomic mass is 9.83. The molecule has 2 aromatic rings. The van der Waals surface area contributed by atoms with Crippen LogP contribution in [0.5, 0.6) is 5.75 Å². The smallest absolute Gasteiger partial charge is 0.253 e. The van der Waals surface area contributed by atoms with Crippen LogP contribution in [-0.4, -0.2) is 17.0 Å². The van der Waals surface area contributed by atoms with Crippen LogP contribution in [0.15, 0.2) is 36.4 Å². The number of nitrogens with one attached hydrogen (secondary N) is 1. The average molecular weight is 326 g/mol. The zero-order valence-corrected chi connectivity index (χ0v) is 13.3. The number of hydrogen-bond acceptors (Lipinski definition) is 3. The summed E-state index contributed by atoms with van der Waals surface area (Å²) in [5.41, 5.74) is 2.48. The Kier molecular flexibility index (Phi) is 3.92. The van der Waals surface area contributed by atoms with Gasteiger partial charge in [0.2, 0.25) is 0 Å². The van der Waals surface area contributed by atoms with E-state index in [9.17, 15) is 9.18 Å². The molecular formula is C19H19FN2O2. The number of rotatable bonds is 3. The van der Waals surface area contributed by atoms with Crippen molar-refractivity contribution in [3.05, 3.63) is 59.2 Å². The average Bonchev–Trinajstić information content (AvgIpc) is 2.98. The molecule has 1 aliphatic heterocycles. The van der Waals surface area contributed by atoms with E-state index >= 15 is 0 Å². The fourth-order valence-electron chi connectivity index (χ4n) is 3.59. The molecule has 2 unspecified atom stereocenters. The number of carbonyl (C=O) groups is 1. The Morgan fingerprint density at radius 3 is 2.71 bits per heavy atom. The zero-order valence-electron chi connectivity index (χ0n) is 13.3. The maximum atomic E-state index is 13.1. The maximum absolute atomic E-state index is 13.1. The first kappa shape index (κ1) is 15.1. The lowest BCUT2D eigenvalue weighted by Crippen LogP contribution is -2.29. The normalized spacial score (nSPS) is 22.8. The van der Waals surface area contributed by atoms with E-state index in [2.05, 4.69) is 5.32 Å². The Morgan fingerprint density at radius 1 is 1.08 bits per heavy atom. The highest BCUT2D eigenvalue weighted by molar-refractivity contribution is 5.97. The molecule has 4 nitrogen and oxygen atoms in total. The first-order valence-corrected chi connectivity index (χ1v) is 8.41. The van der Waals surface area contributed by atoms with Crippen LogP contribution in [0.2, 0.25) is 0 Å². The number of nitrogens with zero attached hydrogens (tertiary/aromatic N) is 1. The fourth-order valence-corrected chi connectivity index (χ4v) is 3.59. The van der Waals surface area contributed by atoms with Crippen LogP contribution >= 0.6 is 0 Å². The molecule has 1 aromatic carbocycles. The highest BCUT2D eigenvalue weighted by Crippen LogP contribution is 2.35. The van der Waals surface area contributed by atoms with Crippen molar-refractivity contribution in [2.24, 2.45) is 0 Å². The van der Waals surface area contributed by atoms with E-state index in [1.165, 1.54) is 12.1 Å². The maximum Gasteiger partial charge on any atom is 0.253 e. The van der Waals surface area contributed by atoms with Crippen LogP contribution in [0.4, 0.5) is 4.39 Å². The first-order chi connectivity index (χ1) is 11.7. The summed E-state index contributed by atoms with van der Waals surface area (Å²) >= 11 is 0. The Bertz CT molecular complexity index is 760. The van der Waals surface area contributed by atoms with E-state index in [0.29, 0.717) is 17.9 Å². The van der Waals surface area contributed by atoms with Crippen LogP contribution in [0.1, 0.15) is 53.3 Å². The second-order valence-electron chi connectivity index (χ2n) is 6.41. The van der Waals surface area contributed by atoms with Crippen molar-refractivity contribution >= 4 is 5.91 Å². The van der Waals surface area contributed by atoms with Crippen molar-refractivity contribution < 1.29 is 13.9 Å². The minimum Gasteiger partial charge on any atom is -0.490 e. The van der Waals surface area contributed by atoms with Crippen molar-refractivity contribution in [3.8, 4) is 5.75 Å². The van der Waals surface area contributed by atoms with Crippen LogP contribution in [0.3, 0.4) is 0 Å². The van der Waals surface area contributed by atoms with Gasteiger partial charge in [0, 0.05) is 11.6 Å². The number of ether oxygens (including phenoxy) is 1. The molecular weight excluding hydrogens is 307 g/mol. The summed E-state index contributed by atoms with van der Waals surface area (Å²) in [6.07, 6.45) is 4.26. The lowest BCUT2D eigenvalue weighted by Gasteiger charge is -2.31. The van der Waals surface area contributed by atoms with Gasteiger partial charge in [-0.05, 0) is 55.7 Å². The topological polar surface area (TPSA) is 51.2 Å². The molecule has 0 spiro atoms. The van der Waals surface area contributed by atoms with Gasteiger partial charge in [-0.1, -0.05) is 6.42 Å². The molecule has 1 aromatic heterocycles. The van der Waals surface area contributed by atoms with Gasteiger partial charge in [-0.15, -0.1) is 0 Å². The standard InChI is InChI=1S/C19H19FN2O2/c20-12-5-7-13(8-6-12)24-18-4-2-1-3-14(18)16-10-9-15-17(22-16)11-21-19(15)23/h5-10,14,18H,1-4,11H2,(H,21,23). The number of benzene rings is 1. The monoisotopic (exact) mass is 326 g/mol. The number of aromatic nitrogens is 1. The summed E-state index contributed by atoms with van der Waals surface area (Å²) in [5, 5.41) is 2.80. The quantitative estimate of drug-likeness (QED) is 0.938. The van der Waals surface area contributed by atoms with Crippen molar-refractivity contribution in [1.82, 2.24) is 10.3 Å². The van der Waals surface area contributed by atoms with E-state index in [4.69, 9.17) is 9.72 Å². The molecule has 0 bridgehead atoms. The highest BCUT2D eigenvalue weighted by atomic mass is 19.1. The zero-order chi connectivity index (χ0) is 16.5. The summed E-state index contributed by atoms with van der Waals surface area (Å²) in [6, 6.07) is 9.97. The predicted molar refractivity (Wildman–Crippen MR) is 87.4 cm³/mol. The molecule has 4 rings (SSSR count). The molecule has 2 aliphatic rings. The largest absolute Gasteiger partial charge is 0.490 e. The molecule has 24 heavy (non-hydrogen) atoms. The van der Waals surface area contributed by atoms with Gasteiger partial charge >= 0.3 is 0 Å². The van der Waals surface area contributed by atoms with Crippen LogP contribution in [0.25, 0.3) is 0 Å². The van der Waals surface area contributed by atoms with Crippen molar-refractivity contribution in [2.45, 2.75) is 44.2 Å². The van der Waals surface area contributed by atoms with E-state index in [1.807, 2.05) is 12.1 Å². The van der Waals surface area contributed by atoms with Gasteiger partial charge in [-0.25, -0.2) is 4.39 Å². The highest BCUT2D eigenvalue weighted by Gasteiger charge is 2.31. The van der Waals surface area contributed by atoms with Crippen molar-refractivity contribution in [2.75, 3.05) is 0 Å². The SMILES string of the molecule is O=C1NCc2nc(C3CCCCC3Oc3ccc(F)cc3)ccc21. The second-order valence-corrected chi connectivity index (χ2v) is 6.41. The second kappa shape index (κ2) is 6.23. The number of pyridine rings is 1. The van der Waals surface area contributed by atoms with E-state index in [0.717, 1.165) is 37.1 Å². The third-order valence-electron chi connectivity index (χ3n) is 4.84. The predicted octanol–water partition coefficient (Wildman–Crippen LogP) is 3.57. The van der Waals surface area contributed by atoms with Crippen molar-refractivity contribution in [3.63, 3.8) is 0 Å². The Labute approximate surface area is 140 Å². The molecule has 2 heterocycles. The summed E-state index contributed by atoms with van der Waals surface area (Å²) in [7, 11) is 0. The van der Waals surface area contributed by atoms with E-state index < -0.39 is 0 Å². The fraction of sp³-hybridized carbons (Fsp3) is 0.368. The molecule has 1 fully saturated rings. The summed E-state index contributed by atoms with van der Waals surface area (Å²) in [5.74, 6) is 0.572. The molecule has 0 radical (unpaired) electrons. The lowest BCUT2D eigenvalue weighted by molar-refractivity contribution is 0.0966. The van der Waals surface area contributed by atoms with Gasteiger partial charge < -0.3 is 10.1 Å². The van der Waals surface area contributed by atoms with Gasteiger partial charge in [0.1, 0.15) is 17.7 Å². The van der Waals surface area contributed by atoms with E-state index in [1.54, 1.807) is 12.1 Å². The first-order valence-electron chi connectivity index (χ1n) is 8.41. The third-order valence-corrected chi connectivity index (χ3v) is 4.84. The summed E-state index contributed by atoms with van der Waals surface area (Å²) in [6.45, 7) is 0.498. The van der Waals surface area contributed by atoms with Gasteiger partial charge in [0.25, 0.3) is 5.91 Å². The summed E-state index contributed by atoms with van der Waals surface area (Å²) in [4.78, 5) is 16.4. The van der Waals surface area contributed by atoms with E-state index in [-0.39, 0.29) is 23.7 Å². The molecule has 1 saturated carbocycles. The number of amides is 1. The molecule has 1 aliphatic carbocycles. The minimum absolute atomic E-state index is 0.0276. The molecule has 2 atom stereocenters. The Hall–Kier alpha value is -2.43. The molecule has 0 saturated heterocycles. The number of fused-ring (bicyclic) bond motifs is 1. The van der Waals surface area contributed by atoms with Crippen LogP contribution in [-0.2, 0) is 6.54 Å². The van der Waals surface area contributed by atoms with Gasteiger partial charge in [-0.3, -0.25) is 9.78 Å². The molecule has 5 heteroatoms. The van der Waals surface area contributed by atoms with Crippen molar-refractivity contribution in [1.29, 1.82) is 0 Å². The number of hydrogen-bond donors (Lipinski definition) is 1. The Balaban J connectivity index is 1.58. The van der Waals surface area contributed by atoms with Gasteiger partial charge in [0.05, 0.1) is 17.8 Å². The van der Waals surface area contributed by atoms with Gasteiger partial charge in [-0.2, -0.15) is 0 Å². The minimum atomic E-state index is -0.264. The Morgan fingerprint density at radius 2 is 1.88 bits per heavy atom. The van der Waals surface area contributed by atoms with Crippen LogP contribution < -0.4 is 10.1 Å². The molecule has 1 amide bonds. The van der Waals surface area contributed by atoms with Gasteiger partial charge in [0.15, 0.2) is 0 Å². The number of halogens is 1. The third kappa shape index (κ3) is 2.86. The number of carbonyl (C=O) groups excluding carboxylic acids is 1. The molecule has 1 N–H and O–H groups in total. The summed E-state index contributed by atoms with van der Waals surface area (Å²) < 4.78 is 19.2. The molecule has 124 valence electrons.